The van der Waals surface area contributed by atoms with Gasteiger partial charge in [-0.05, 0) is 18.6 Å². The van der Waals surface area contributed by atoms with Crippen LogP contribution in [0, 0.1) is 0 Å². The lowest BCUT2D eigenvalue weighted by atomic mass is 10.2. The number of amides is 1. The summed E-state index contributed by atoms with van der Waals surface area (Å²) in [5, 5.41) is 2.69. The first-order valence-electron chi connectivity index (χ1n) is 10.0. The maximum atomic E-state index is 12.5. The number of benzene rings is 1. The molecule has 164 valence electrons. The third-order valence-corrected chi connectivity index (χ3v) is 6.73. The Morgan fingerprint density at radius 3 is 2.81 bits per heavy atom. The Bertz CT molecular complexity index is 1130. The van der Waals surface area contributed by atoms with Crippen molar-refractivity contribution in [1.29, 1.82) is 0 Å². The Kier molecular flexibility index (Phi) is 7.12. The molecule has 0 bridgehead atoms. The minimum Gasteiger partial charge on any atom is -0.492 e. The number of thiazole rings is 1. The van der Waals surface area contributed by atoms with E-state index in [0.29, 0.717) is 59.8 Å². The molecule has 0 saturated carbocycles. The predicted molar refractivity (Wildman–Crippen MR) is 122 cm³/mol. The van der Waals surface area contributed by atoms with E-state index in [9.17, 15) is 9.59 Å². The van der Waals surface area contributed by atoms with E-state index < -0.39 is 0 Å². The Morgan fingerprint density at radius 2 is 2.00 bits per heavy atom. The van der Waals surface area contributed by atoms with Crippen molar-refractivity contribution in [3.63, 3.8) is 0 Å². The molecule has 1 aliphatic rings. The van der Waals surface area contributed by atoms with E-state index in [1.165, 1.54) is 11.3 Å². The fourth-order valence-corrected chi connectivity index (χ4v) is 4.60. The molecule has 0 unspecified atom stereocenters. The minimum absolute atomic E-state index is 0.0589. The summed E-state index contributed by atoms with van der Waals surface area (Å²) in [5.74, 6) is 0.654. The van der Waals surface area contributed by atoms with E-state index in [1.807, 2.05) is 10.3 Å². The SMILES string of the molecule is O=C(CCCOc1cccc(Cl)c1Cl)N1CCN(Cc2cc(=O)n3ccsc3n2)CC1. The Morgan fingerprint density at radius 1 is 1.19 bits per heavy atom. The van der Waals surface area contributed by atoms with Crippen LogP contribution < -0.4 is 10.3 Å². The summed E-state index contributed by atoms with van der Waals surface area (Å²) in [5.41, 5.74) is 0.709. The van der Waals surface area contributed by atoms with Crippen LogP contribution in [0.25, 0.3) is 4.96 Å². The van der Waals surface area contributed by atoms with E-state index in [4.69, 9.17) is 27.9 Å². The molecule has 0 aliphatic carbocycles. The molecular weight excluding hydrogens is 459 g/mol. The van der Waals surface area contributed by atoms with Crippen LogP contribution in [0.15, 0.2) is 40.6 Å². The van der Waals surface area contributed by atoms with Crippen molar-refractivity contribution in [3.8, 4) is 5.75 Å². The number of rotatable bonds is 7. The molecule has 0 N–H and O–H groups in total. The van der Waals surface area contributed by atoms with Gasteiger partial charge in [-0.25, -0.2) is 4.98 Å². The third kappa shape index (κ3) is 5.38. The molecule has 1 fully saturated rings. The molecule has 3 aromatic rings. The lowest BCUT2D eigenvalue weighted by Gasteiger charge is -2.34. The second kappa shape index (κ2) is 9.99. The number of carbonyl (C=O) groups is 1. The van der Waals surface area contributed by atoms with Crippen LogP contribution in [0.3, 0.4) is 0 Å². The summed E-state index contributed by atoms with van der Waals surface area (Å²) >= 11 is 13.5. The van der Waals surface area contributed by atoms with Crippen molar-refractivity contribution in [2.24, 2.45) is 0 Å². The number of hydrogen-bond acceptors (Lipinski definition) is 6. The first-order valence-corrected chi connectivity index (χ1v) is 11.7. The maximum absolute atomic E-state index is 12.5. The van der Waals surface area contributed by atoms with Crippen molar-refractivity contribution < 1.29 is 9.53 Å². The van der Waals surface area contributed by atoms with E-state index >= 15 is 0 Å². The second-order valence-corrected chi connectivity index (χ2v) is 8.96. The molecular formula is C21H22Cl2N4O3S. The van der Waals surface area contributed by atoms with Gasteiger partial charge in [0.1, 0.15) is 10.8 Å². The molecule has 0 radical (unpaired) electrons. The van der Waals surface area contributed by atoms with Crippen LogP contribution in [0.2, 0.25) is 10.0 Å². The van der Waals surface area contributed by atoms with Gasteiger partial charge in [0, 0.05) is 56.8 Å². The number of carbonyl (C=O) groups excluding carboxylic acids is 1. The van der Waals surface area contributed by atoms with E-state index in [0.717, 1.165) is 18.8 Å². The normalized spacial score (nSPS) is 14.8. The summed E-state index contributed by atoms with van der Waals surface area (Å²) < 4.78 is 7.19. The highest BCUT2D eigenvalue weighted by molar-refractivity contribution is 7.15. The maximum Gasteiger partial charge on any atom is 0.258 e. The Balaban J connectivity index is 1.20. The minimum atomic E-state index is -0.0589. The lowest BCUT2D eigenvalue weighted by Crippen LogP contribution is -2.48. The third-order valence-electron chi connectivity index (χ3n) is 5.18. The number of ether oxygens (including phenoxy) is 1. The second-order valence-electron chi connectivity index (χ2n) is 7.30. The molecule has 31 heavy (non-hydrogen) atoms. The average Bonchev–Trinajstić information content (AvgIpc) is 3.24. The van der Waals surface area contributed by atoms with Gasteiger partial charge in [-0.1, -0.05) is 29.3 Å². The van der Waals surface area contributed by atoms with Gasteiger partial charge in [0.15, 0.2) is 4.96 Å². The topological polar surface area (TPSA) is 67.2 Å². The van der Waals surface area contributed by atoms with Crippen molar-refractivity contribution in [2.75, 3.05) is 32.8 Å². The van der Waals surface area contributed by atoms with Crippen LogP contribution >= 0.6 is 34.5 Å². The van der Waals surface area contributed by atoms with Gasteiger partial charge in [-0.3, -0.25) is 18.9 Å². The van der Waals surface area contributed by atoms with Crippen LogP contribution in [0.1, 0.15) is 18.5 Å². The Hall–Kier alpha value is -2.13. The fourth-order valence-electron chi connectivity index (χ4n) is 3.51. The molecule has 1 aromatic carbocycles. The molecule has 0 atom stereocenters. The van der Waals surface area contributed by atoms with Gasteiger partial charge in [0.2, 0.25) is 5.91 Å². The van der Waals surface area contributed by atoms with Crippen molar-refractivity contribution >= 4 is 45.4 Å². The molecule has 4 rings (SSSR count). The largest absolute Gasteiger partial charge is 0.492 e. The van der Waals surface area contributed by atoms with Gasteiger partial charge >= 0.3 is 0 Å². The predicted octanol–water partition coefficient (Wildman–Crippen LogP) is 3.57. The van der Waals surface area contributed by atoms with Gasteiger partial charge in [-0.2, -0.15) is 0 Å². The molecule has 1 saturated heterocycles. The average molecular weight is 481 g/mol. The first-order chi connectivity index (χ1) is 15.0. The number of fused-ring (bicyclic) bond motifs is 1. The summed E-state index contributed by atoms with van der Waals surface area (Å²) in [6, 6.07) is 6.83. The van der Waals surface area contributed by atoms with Crippen molar-refractivity contribution in [3.05, 3.63) is 61.9 Å². The zero-order valence-electron chi connectivity index (χ0n) is 16.8. The highest BCUT2D eigenvalue weighted by Crippen LogP contribution is 2.31. The van der Waals surface area contributed by atoms with Gasteiger partial charge < -0.3 is 9.64 Å². The van der Waals surface area contributed by atoms with Gasteiger partial charge in [0.05, 0.1) is 17.3 Å². The van der Waals surface area contributed by atoms with E-state index in [2.05, 4.69) is 9.88 Å². The number of piperazine rings is 1. The van der Waals surface area contributed by atoms with Crippen molar-refractivity contribution in [2.45, 2.75) is 19.4 Å². The molecule has 7 nitrogen and oxygen atoms in total. The van der Waals surface area contributed by atoms with Gasteiger partial charge in [-0.15, -0.1) is 11.3 Å². The number of hydrogen-bond donors (Lipinski definition) is 0. The standard InChI is InChI=1S/C21H22Cl2N4O3S/c22-16-3-1-4-17(20(16)23)30-11-2-5-18(28)26-8-6-25(7-9-26)14-15-13-19(29)27-10-12-31-21(27)24-15/h1,3-4,10,12-13H,2,5-9,11,14H2. The summed E-state index contributed by atoms with van der Waals surface area (Å²) in [6.07, 6.45) is 2.76. The lowest BCUT2D eigenvalue weighted by molar-refractivity contribution is -0.133. The van der Waals surface area contributed by atoms with Crippen molar-refractivity contribution in [1.82, 2.24) is 19.2 Å². The smallest absolute Gasteiger partial charge is 0.258 e. The number of aromatic nitrogens is 2. The monoisotopic (exact) mass is 480 g/mol. The zero-order chi connectivity index (χ0) is 21.8. The first kappa shape index (κ1) is 22.1. The molecule has 0 spiro atoms. The summed E-state index contributed by atoms with van der Waals surface area (Å²) in [6.45, 7) is 3.86. The molecule has 1 amide bonds. The van der Waals surface area contributed by atoms with E-state index in [1.54, 1.807) is 34.9 Å². The quantitative estimate of drug-likeness (QED) is 0.483. The van der Waals surface area contributed by atoms with Crippen LogP contribution in [-0.4, -0.2) is 57.9 Å². The highest BCUT2D eigenvalue weighted by Gasteiger charge is 2.21. The van der Waals surface area contributed by atoms with Gasteiger partial charge in [0.25, 0.3) is 5.56 Å². The molecule has 1 aliphatic heterocycles. The highest BCUT2D eigenvalue weighted by atomic mass is 35.5. The fraction of sp³-hybridized carbons (Fsp3) is 0.381. The van der Waals surface area contributed by atoms with Crippen LogP contribution in [-0.2, 0) is 11.3 Å². The number of nitrogens with zero attached hydrogens (tertiary/aromatic N) is 4. The van der Waals surface area contributed by atoms with Crippen LogP contribution in [0.4, 0.5) is 0 Å². The molecule has 2 aromatic heterocycles. The zero-order valence-corrected chi connectivity index (χ0v) is 19.1. The number of halogens is 2. The summed E-state index contributed by atoms with van der Waals surface area (Å²) in [7, 11) is 0. The van der Waals surface area contributed by atoms with E-state index in [-0.39, 0.29) is 11.5 Å². The molecule has 3 heterocycles. The Labute approximate surface area is 193 Å². The summed E-state index contributed by atoms with van der Waals surface area (Å²) in [4.78, 5) is 34.0. The molecule has 10 heteroatoms. The van der Waals surface area contributed by atoms with Crippen LogP contribution in [0.5, 0.6) is 5.75 Å².